The maximum Gasteiger partial charge on any atom is 0.163 e. The van der Waals surface area contributed by atoms with Crippen LogP contribution in [0.25, 0.3) is 11.4 Å². The van der Waals surface area contributed by atoms with E-state index in [4.69, 9.17) is 4.98 Å². The summed E-state index contributed by atoms with van der Waals surface area (Å²) in [6.07, 6.45) is 4.74. The highest BCUT2D eigenvalue weighted by atomic mass is 32.1. The summed E-state index contributed by atoms with van der Waals surface area (Å²) < 4.78 is 0. The first-order valence-electron chi connectivity index (χ1n) is 9.40. The third-order valence-electron chi connectivity index (χ3n) is 5.33. The lowest BCUT2D eigenvalue weighted by Gasteiger charge is -2.32. The second-order valence-electron chi connectivity index (χ2n) is 7.17. The predicted octanol–water partition coefficient (Wildman–Crippen LogP) is 4.08. The van der Waals surface area contributed by atoms with E-state index in [1.54, 1.807) is 11.1 Å². The zero-order valence-electron chi connectivity index (χ0n) is 16.1. The van der Waals surface area contributed by atoms with Crippen LogP contribution in [0.3, 0.4) is 0 Å². The van der Waals surface area contributed by atoms with Crippen LogP contribution in [-0.4, -0.2) is 39.0 Å². The molecule has 3 aromatic rings. The monoisotopic (exact) mass is 379 g/mol. The normalized spacial score (nSPS) is 15.4. The number of nitrogens with one attached hydrogen (secondary N) is 1. The molecule has 140 valence electrons. The summed E-state index contributed by atoms with van der Waals surface area (Å²) in [5.41, 5.74) is 4.54. The van der Waals surface area contributed by atoms with Crippen LogP contribution in [0.15, 0.2) is 36.0 Å². The molecule has 0 aromatic carbocycles. The Kier molecular flexibility index (Phi) is 5.18. The minimum atomic E-state index is 0.439. The van der Waals surface area contributed by atoms with Gasteiger partial charge in [-0.2, -0.15) is 0 Å². The van der Waals surface area contributed by atoms with Gasteiger partial charge < -0.3 is 5.32 Å². The van der Waals surface area contributed by atoms with Crippen molar-refractivity contribution in [3.63, 3.8) is 0 Å². The Morgan fingerprint density at radius 3 is 2.96 bits per heavy atom. The van der Waals surface area contributed by atoms with Gasteiger partial charge in [-0.25, -0.2) is 9.97 Å². The van der Waals surface area contributed by atoms with Crippen molar-refractivity contribution < 1.29 is 0 Å². The molecular weight excluding hydrogens is 354 g/mol. The highest BCUT2D eigenvalue weighted by Crippen LogP contribution is 2.26. The molecule has 0 saturated carbocycles. The van der Waals surface area contributed by atoms with Crippen molar-refractivity contribution >= 4 is 17.2 Å². The molecule has 5 nitrogen and oxygen atoms in total. The highest BCUT2D eigenvalue weighted by molar-refractivity contribution is 7.10. The van der Waals surface area contributed by atoms with Gasteiger partial charge in [0.2, 0.25) is 0 Å². The van der Waals surface area contributed by atoms with Gasteiger partial charge in [-0.15, -0.1) is 11.3 Å². The van der Waals surface area contributed by atoms with Gasteiger partial charge in [-0.3, -0.25) is 9.88 Å². The van der Waals surface area contributed by atoms with Gasteiger partial charge >= 0.3 is 0 Å². The van der Waals surface area contributed by atoms with E-state index in [9.17, 15) is 0 Å². The molecule has 6 heteroatoms. The molecule has 4 rings (SSSR count). The molecule has 4 heterocycles. The minimum absolute atomic E-state index is 0.439. The van der Waals surface area contributed by atoms with E-state index in [1.807, 2.05) is 36.6 Å². The number of nitrogens with zero attached hydrogens (tertiary/aromatic N) is 4. The van der Waals surface area contributed by atoms with Crippen molar-refractivity contribution in [2.75, 3.05) is 18.4 Å². The molecule has 1 unspecified atom stereocenters. The molecule has 0 aliphatic carbocycles. The summed E-state index contributed by atoms with van der Waals surface area (Å²) >= 11 is 1.89. The molecule has 0 amide bonds. The van der Waals surface area contributed by atoms with E-state index in [0.717, 1.165) is 54.5 Å². The van der Waals surface area contributed by atoms with Crippen LogP contribution in [-0.2, 0) is 13.0 Å². The van der Waals surface area contributed by atoms with Gasteiger partial charge in [0.25, 0.3) is 0 Å². The van der Waals surface area contributed by atoms with E-state index in [0.29, 0.717) is 6.04 Å². The third kappa shape index (κ3) is 3.87. The van der Waals surface area contributed by atoms with Crippen LogP contribution in [0.5, 0.6) is 0 Å². The minimum Gasteiger partial charge on any atom is -0.368 e. The number of fused-ring (bicyclic) bond motifs is 1. The average molecular weight is 380 g/mol. The molecule has 3 aromatic heterocycles. The van der Waals surface area contributed by atoms with Crippen molar-refractivity contribution in [2.24, 2.45) is 0 Å². The number of rotatable bonds is 5. The molecule has 1 atom stereocenters. The smallest absolute Gasteiger partial charge is 0.163 e. The lowest BCUT2D eigenvalue weighted by molar-refractivity contribution is 0.200. The molecule has 0 radical (unpaired) electrons. The fourth-order valence-electron chi connectivity index (χ4n) is 3.45. The van der Waals surface area contributed by atoms with Crippen LogP contribution in [0.1, 0.15) is 28.6 Å². The van der Waals surface area contributed by atoms with Crippen molar-refractivity contribution in [3.8, 4) is 11.4 Å². The second-order valence-corrected chi connectivity index (χ2v) is 8.17. The fourth-order valence-corrected chi connectivity index (χ4v) is 4.33. The summed E-state index contributed by atoms with van der Waals surface area (Å²) in [5.74, 6) is 1.64. The Labute approximate surface area is 164 Å². The van der Waals surface area contributed by atoms with Crippen molar-refractivity contribution in [1.82, 2.24) is 19.9 Å². The lowest BCUT2D eigenvalue weighted by Crippen LogP contribution is -2.41. The Hall–Kier alpha value is -2.31. The molecule has 1 aliphatic rings. The Balaban J connectivity index is 1.47. The lowest BCUT2D eigenvalue weighted by atomic mass is 10.1. The number of hydrogen-bond donors (Lipinski definition) is 1. The zero-order valence-corrected chi connectivity index (χ0v) is 16.9. The molecular formula is C21H25N5S. The topological polar surface area (TPSA) is 53.9 Å². The number of aromatic nitrogens is 3. The van der Waals surface area contributed by atoms with Gasteiger partial charge in [0.15, 0.2) is 5.82 Å². The number of anilines is 1. The van der Waals surface area contributed by atoms with Gasteiger partial charge in [0, 0.05) is 59.8 Å². The number of pyridine rings is 1. The number of thiophene rings is 1. The summed E-state index contributed by atoms with van der Waals surface area (Å²) in [4.78, 5) is 17.7. The first kappa shape index (κ1) is 18.1. The fraction of sp³-hybridized carbons (Fsp3) is 0.381. The maximum absolute atomic E-state index is 4.77. The van der Waals surface area contributed by atoms with E-state index in [2.05, 4.69) is 45.5 Å². The molecule has 27 heavy (non-hydrogen) atoms. The van der Waals surface area contributed by atoms with Crippen molar-refractivity contribution in [2.45, 2.75) is 39.8 Å². The van der Waals surface area contributed by atoms with Crippen molar-refractivity contribution in [1.29, 1.82) is 0 Å². The van der Waals surface area contributed by atoms with Gasteiger partial charge in [-0.05, 0) is 56.3 Å². The Morgan fingerprint density at radius 1 is 1.26 bits per heavy atom. The first-order chi connectivity index (χ1) is 13.1. The van der Waals surface area contributed by atoms with Gasteiger partial charge in [-0.1, -0.05) is 0 Å². The average Bonchev–Trinajstić information content (AvgIpc) is 3.17. The summed E-state index contributed by atoms with van der Waals surface area (Å²) in [5, 5.41) is 5.78. The highest BCUT2D eigenvalue weighted by Gasteiger charge is 2.21. The maximum atomic E-state index is 4.77. The summed E-state index contributed by atoms with van der Waals surface area (Å²) in [6.45, 7) is 9.44. The first-order valence-corrected chi connectivity index (χ1v) is 10.3. The summed E-state index contributed by atoms with van der Waals surface area (Å²) in [7, 11) is 0. The van der Waals surface area contributed by atoms with E-state index >= 15 is 0 Å². The van der Waals surface area contributed by atoms with Gasteiger partial charge in [0.05, 0.1) is 0 Å². The molecule has 1 N–H and O–H groups in total. The molecule has 0 bridgehead atoms. The third-order valence-corrected chi connectivity index (χ3v) is 6.36. The van der Waals surface area contributed by atoms with Gasteiger partial charge in [0.1, 0.15) is 5.82 Å². The largest absolute Gasteiger partial charge is 0.368 e. The summed E-state index contributed by atoms with van der Waals surface area (Å²) in [6, 6.07) is 6.62. The molecule has 0 saturated heterocycles. The van der Waals surface area contributed by atoms with Crippen LogP contribution in [0.2, 0.25) is 0 Å². The van der Waals surface area contributed by atoms with Crippen LogP contribution in [0, 0.1) is 13.8 Å². The molecule has 1 aliphatic heterocycles. The second kappa shape index (κ2) is 7.74. The van der Waals surface area contributed by atoms with Crippen LogP contribution < -0.4 is 5.32 Å². The predicted molar refractivity (Wildman–Crippen MR) is 111 cm³/mol. The van der Waals surface area contributed by atoms with Crippen molar-refractivity contribution in [3.05, 3.63) is 57.7 Å². The standard InChI is InChI=1S/C21H25N5S/c1-14(26-9-6-19-18(13-26)7-10-27-19)11-23-20-15(2)16(3)24-21(25-20)17-5-4-8-22-12-17/h4-5,7-8,10,12,14H,6,9,11,13H2,1-3H3,(H,23,24,25). The number of hydrogen-bond acceptors (Lipinski definition) is 6. The van der Waals surface area contributed by atoms with E-state index in [-0.39, 0.29) is 0 Å². The van der Waals surface area contributed by atoms with E-state index in [1.165, 1.54) is 5.56 Å². The zero-order chi connectivity index (χ0) is 18.8. The quantitative estimate of drug-likeness (QED) is 0.724. The molecule has 0 fully saturated rings. The Bertz CT molecular complexity index is 922. The SMILES string of the molecule is Cc1nc(-c2cccnc2)nc(NCC(C)N2CCc3sccc3C2)c1C. The van der Waals surface area contributed by atoms with E-state index < -0.39 is 0 Å². The van der Waals surface area contributed by atoms with Crippen LogP contribution in [0.4, 0.5) is 5.82 Å². The molecule has 0 spiro atoms. The Morgan fingerprint density at radius 2 is 2.15 bits per heavy atom. The number of aryl methyl sites for hydroxylation is 1. The van der Waals surface area contributed by atoms with Crippen LogP contribution >= 0.6 is 11.3 Å².